The number of ether oxygens (including phenoxy) is 1. The summed E-state index contributed by atoms with van der Waals surface area (Å²) in [4.78, 5) is 19.7. The van der Waals surface area contributed by atoms with Gasteiger partial charge in [-0.15, -0.1) is 0 Å². The van der Waals surface area contributed by atoms with Gasteiger partial charge in [-0.2, -0.15) is 0 Å². The van der Waals surface area contributed by atoms with Crippen LogP contribution < -0.4 is 15.4 Å². The molecule has 3 rings (SSSR count). The Kier molecular flexibility index (Phi) is 5.14. The van der Waals surface area contributed by atoms with Crippen LogP contribution in [-0.4, -0.2) is 49.1 Å². The van der Waals surface area contributed by atoms with Crippen molar-refractivity contribution in [3.63, 3.8) is 0 Å². The van der Waals surface area contributed by atoms with Crippen molar-refractivity contribution in [3.05, 3.63) is 53.6 Å². The number of anilines is 1. The number of carbonyl (C=O) groups excluding carboxylic acids is 1. The third-order valence-electron chi connectivity index (χ3n) is 4.37. The Balaban J connectivity index is 1.63. The highest BCUT2D eigenvalue weighted by atomic mass is 19.1. The standard InChI is InChI=1S/C18H21FN4O2/c1-25-17-3-2-14(19)10-13(17)12-22-6-8-23(9-7-22)15-4-5-21-16(11-15)18(20)24/h2-5,10-11H,6-9,12H2,1H3,(H2,20,24). The van der Waals surface area contributed by atoms with Crippen LogP contribution in [0, 0.1) is 5.82 Å². The van der Waals surface area contributed by atoms with Gasteiger partial charge in [0.15, 0.2) is 0 Å². The van der Waals surface area contributed by atoms with E-state index in [4.69, 9.17) is 10.5 Å². The Morgan fingerprint density at radius 1 is 1.24 bits per heavy atom. The number of nitrogens with two attached hydrogens (primary N) is 1. The maximum Gasteiger partial charge on any atom is 0.267 e. The average Bonchev–Trinajstić information content (AvgIpc) is 2.63. The molecule has 1 aliphatic heterocycles. The van der Waals surface area contributed by atoms with Gasteiger partial charge >= 0.3 is 0 Å². The molecule has 0 aliphatic carbocycles. The van der Waals surface area contributed by atoms with E-state index in [2.05, 4.69) is 14.8 Å². The number of primary amides is 1. The lowest BCUT2D eigenvalue weighted by molar-refractivity contribution is 0.0995. The summed E-state index contributed by atoms with van der Waals surface area (Å²) >= 11 is 0. The van der Waals surface area contributed by atoms with Crippen molar-refractivity contribution < 1.29 is 13.9 Å². The maximum absolute atomic E-state index is 13.5. The van der Waals surface area contributed by atoms with Crippen LogP contribution in [-0.2, 0) is 6.54 Å². The average molecular weight is 344 g/mol. The fraction of sp³-hybridized carbons (Fsp3) is 0.333. The number of pyridine rings is 1. The zero-order chi connectivity index (χ0) is 17.8. The molecule has 1 fully saturated rings. The molecule has 1 aromatic heterocycles. The molecular formula is C18H21FN4O2. The number of hydrogen-bond donors (Lipinski definition) is 1. The quantitative estimate of drug-likeness (QED) is 0.893. The molecule has 2 heterocycles. The molecule has 1 amide bonds. The van der Waals surface area contributed by atoms with E-state index in [0.717, 1.165) is 37.4 Å². The molecule has 0 atom stereocenters. The van der Waals surface area contributed by atoms with Crippen LogP contribution >= 0.6 is 0 Å². The molecule has 25 heavy (non-hydrogen) atoms. The van der Waals surface area contributed by atoms with Gasteiger partial charge in [0.2, 0.25) is 0 Å². The first kappa shape index (κ1) is 17.2. The second-order valence-electron chi connectivity index (χ2n) is 5.98. The summed E-state index contributed by atoms with van der Waals surface area (Å²) < 4.78 is 18.8. The van der Waals surface area contributed by atoms with Gasteiger partial charge in [0.1, 0.15) is 17.3 Å². The molecule has 2 aromatic rings. The normalized spacial score (nSPS) is 15.2. The number of piperazine rings is 1. The van der Waals surface area contributed by atoms with Crippen molar-refractivity contribution in [3.8, 4) is 5.75 Å². The van der Waals surface area contributed by atoms with E-state index in [1.165, 1.54) is 12.1 Å². The van der Waals surface area contributed by atoms with E-state index in [1.807, 2.05) is 6.07 Å². The first-order valence-electron chi connectivity index (χ1n) is 8.12. The van der Waals surface area contributed by atoms with Crippen LogP contribution in [0.15, 0.2) is 36.5 Å². The van der Waals surface area contributed by atoms with Gasteiger partial charge in [-0.3, -0.25) is 14.7 Å². The molecule has 1 aromatic carbocycles. The Morgan fingerprint density at radius 2 is 2.00 bits per heavy atom. The number of amides is 1. The van der Waals surface area contributed by atoms with Crippen LogP contribution in [0.2, 0.25) is 0 Å². The van der Waals surface area contributed by atoms with Crippen LogP contribution in [0.1, 0.15) is 16.1 Å². The number of aromatic nitrogens is 1. The fourth-order valence-electron chi connectivity index (χ4n) is 3.03. The van der Waals surface area contributed by atoms with Crippen molar-refractivity contribution in [2.24, 2.45) is 5.73 Å². The second kappa shape index (κ2) is 7.48. The highest BCUT2D eigenvalue weighted by Gasteiger charge is 2.19. The third kappa shape index (κ3) is 4.06. The number of nitrogens with zero attached hydrogens (tertiary/aromatic N) is 3. The first-order valence-corrected chi connectivity index (χ1v) is 8.12. The predicted molar refractivity (Wildman–Crippen MR) is 93.2 cm³/mol. The van der Waals surface area contributed by atoms with Gasteiger partial charge in [0, 0.05) is 50.2 Å². The smallest absolute Gasteiger partial charge is 0.267 e. The van der Waals surface area contributed by atoms with Gasteiger partial charge < -0.3 is 15.4 Å². The van der Waals surface area contributed by atoms with E-state index in [9.17, 15) is 9.18 Å². The van der Waals surface area contributed by atoms with E-state index in [-0.39, 0.29) is 11.5 Å². The maximum atomic E-state index is 13.5. The lowest BCUT2D eigenvalue weighted by atomic mass is 10.1. The summed E-state index contributed by atoms with van der Waals surface area (Å²) in [7, 11) is 1.59. The van der Waals surface area contributed by atoms with Gasteiger partial charge in [-0.25, -0.2) is 4.39 Å². The number of carbonyl (C=O) groups is 1. The summed E-state index contributed by atoms with van der Waals surface area (Å²) in [6.07, 6.45) is 1.60. The molecule has 6 nitrogen and oxygen atoms in total. The molecule has 0 spiro atoms. The van der Waals surface area contributed by atoms with Crippen molar-refractivity contribution in [1.29, 1.82) is 0 Å². The molecule has 1 aliphatic rings. The fourth-order valence-corrected chi connectivity index (χ4v) is 3.03. The van der Waals surface area contributed by atoms with Crippen LogP contribution in [0.4, 0.5) is 10.1 Å². The second-order valence-corrected chi connectivity index (χ2v) is 5.98. The molecule has 2 N–H and O–H groups in total. The van der Waals surface area contributed by atoms with E-state index in [1.54, 1.807) is 25.4 Å². The number of hydrogen-bond acceptors (Lipinski definition) is 5. The molecule has 0 radical (unpaired) electrons. The number of benzene rings is 1. The number of methoxy groups -OCH3 is 1. The van der Waals surface area contributed by atoms with Gasteiger partial charge in [-0.1, -0.05) is 0 Å². The highest BCUT2D eigenvalue weighted by Crippen LogP contribution is 2.23. The molecule has 0 unspecified atom stereocenters. The third-order valence-corrected chi connectivity index (χ3v) is 4.37. The van der Waals surface area contributed by atoms with Crippen LogP contribution in [0.25, 0.3) is 0 Å². The van der Waals surface area contributed by atoms with Gasteiger partial charge in [0.25, 0.3) is 5.91 Å². The Morgan fingerprint density at radius 3 is 2.68 bits per heavy atom. The molecular weight excluding hydrogens is 323 g/mol. The highest BCUT2D eigenvalue weighted by molar-refractivity contribution is 5.91. The molecule has 0 bridgehead atoms. The van der Waals surface area contributed by atoms with E-state index < -0.39 is 5.91 Å². The predicted octanol–water partition coefficient (Wildman–Crippen LogP) is 1.65. The van der Waals surface area contributed by atoms with Gasteiger partial charge in [0.05, 0.1) is 7.11 Å². The minimum atomic E-state index is -0.529. The molecule has 0 saturated carbocycles. The minimum absolute atomic E-state index is 0.259. The number of halogens is 1. The van der Waals surface area contributed by atoms with Crippen LogP contribution in [0.5, 0.6) is 5.75 Å². The Labute approximate surface area is 146 Å². The van der Waals surface area contributed by atoms with E-state index in [0.29, 0.717) is 12.3 Å². The Hall–Kier alpha value is -2.67. The summed E-state index contributed by atoms with van der Waals surface area (Å²) in [5.74, 6) is -0.0899. The summed E-state index contributed by atoms with van der Waals surface area (Å²) in [6.45, 7) is 3.90. The topological polar surface area (TPSA) is 71.7 Å². The lowest BCUT2D eigenvalue weighted by Crippen LogP contribution is -2.46. The zero-order valence-corrected chi connectivity index (χ0v) is 14.1. The number of rotatable bonds is 5. The monoisotopic (exact) mass is 344 g/mol. The van der Waals surface area contributed by atoms with Gasteiger partial charge in [-0.05, 0) is 30.3 Å². The molecule has 1 saturated heterocycles. The first-order chi connectivity index (χ1) is 12.1. The SMILES string of the molecule is COc1ccc(F)cc1CN1CCN(c2ccnc(C(N)=O)c2)CC1. The lowest BCUT2D eigenvalue weighted by Gasteiger charge is -2.36. The van der Waals surface area contributed by atoms with E-state index >= 15 is 0 Å². The Bertz CT molecular complexity index is 760. The van der Waals surface area contributed by atoms with Crippen molar-refractivity contribution in [1.82, 2.24) is 9.88 Å². The largest absolute Gasteiger partial charge is 0.496 e. The summed E-state index contributed by atoms with van der Waals surface area (Å²) in [5, 5.41) is 0. The minimum Gasteiger partial charge on any atom is -0.496 e. The zero-order valence-electron chi connectivity index (χ0n) is 14.1. The molecule has 132 valence electrons. The molecule has 7 heteroatoms. The summed E-state index contributed by atoms with van der Waals surface area (Å²) in [6, 6.07) is 8.17. The van der Waals surface area contributed by atoms with Crippen molar-refractivity contribution >= 4 is 11.6 Å². The van der Waals surface area contributed by atoms with Crippen molar-refractivity contribution in [2.45, 2.75) is 6.54 Å². The van der Waals surface area contributed by atoms with Crippen LogP contribution in [0.3, 0.4) is 0 Å². The summed E-state index contributed by atoms with van der Waals surface area (Å²) in [5.41, 5.74) is 7.34. The van der Waals surface area contributed by atoms with Crippen molar-refractivity contribution in [2.75, 3.05) is 38.2 Å².